The zero-order valence-electron chi connectivity index (χ0n) is 14.2. The number of carbonyl (C=O) groups is 2. The minimum absolute atomic E-state index is 0.235. The monoisotopic (exact) mass is 331 g/mol. The van der Waals surface area contributed by atoms with E-state index in [2.05, 4.69) is 28.1 Å². The highest BCUT2D eigenvalue weighted by molar-refractivity contribution is 5.93. The molecule has 0 heterocycles. The van der Waals surface area contributed by atoms with Crippen molar-refractivity contribution in [3.8, 4) is 0 Å². The average molecular weight is 331 g/mol. The third-order valence-electron chi connectivity index (χ3n) is 4.02. The smallest absolute Gasteiger partial charge is 0.411 e. The molecule has 0 saturated heterocycles. The van der Waals surface area contributed by atoms with Crippen LogP contribution in [0.4, 0.5) is 21.0 Å². The Bertz CT molecular complexity index is 614. The van der Waals surface area contributed by atoms with Crippen molar-refractivity contribution >= 4 is 23.5 Å². The number of nitrogens with one attached hydrogen (secondary N) is 3. The fourth-order valence-corrected chi connectivity index (χ4v) is 2.63. The Hall–Kier alpha value is -2.50. The first-order valence-electron chi connectivity index (χ1n) is 8.33. The quantitative estimate of drug-likeness (QED) is 0.712. The van der Waals surface area contributed by atoms with Crippen LogP contribution in [0, 0.1) is 12.8 Å². The molecule has 6 nitrogen and oxygen atoms in total. The summed E-state index contributed by atoms with van der Waals surface area (Å²) in [6.45, 7) is 4.55. The Morgan fingerprint density at radius 1 is 1.21 bits per heavy atom. The molecule has 1 atom stereocenters. The number of carbonyl (C=O) groups excluding carboxylic acids is 2. The van der Waals surface area contributed by atoms with Gasteiger partial charge in [-0.25, -0.2) is 9.59 Å². The maximum atomic E-state index is 12.1. The van der Waals surface area contributed by atoms with Crippen LogP contribution in [0.15, 0.2) is 30.4 Å². The highest BCUT2D eigenvalue weighted by atomic mass is 16.5. The van der Waals surface area contributed by atoms with Crippen molar-refractivity contribution in [1.29, 1.82) is 0 Å². The SMILES string of the molecule is CCOC(=O)Nc1cccc(NC(=O)NC[C@@H]2CC=CCC2)c1C. The summed E-state index contributed by atoms with van der Waals surface area (Å²) in [7, 11) is 0. The van der Waals surface area contributed by atoms with E-state index >= 15 is 0 Å². The third-order valence-corrected chi connectivity index (χ3v) is 4.02. The van der Waals surface area contributed by atoms with Gasteiger partial charge in [0.1, 0.15) is 0 Å². The van der Waals surface area contributed by atoms with E-state index in [1.54, 1.807) is 25.1 Å². The predicted octanol–water partition coefficient (Wildman–Crippen LogP) is 4.04. The van der Waals surface area contributed by atoms with Crippen molar-refractivity contribution in [2.24, 2.45) is 5.92 Å². The molecule has 0 bridgehead atoms. The van der Waals surface area contributed by atoms with Crippen LogP contribution in [0.1, 0.15) is 31.7 Å². The minimum Gasteiger partial charge on any atom is -0.450 e. The Labute approximate surface area is 142 Å². The number of benzene rings is 1. The second-order valence-electron chi connectivity index (χ2n) is 5.81. The Morgan fingerprint density at radius 2 is 1.96 bits per heavy atom. The van der Waals surface area contributed by atoms with Crippen LogP contribution in [0.2, 0.25) is 0 Å². The Kier molecular flexibility index (Phi) is 6.66. The second kappa shape index (κ2) is 8.96. The lowest BCUT2D eigenvalue weighted by atomic mass is 9.94. The van der Waals surface area contributed by atoms with Gasteiger partial charge in [0.2, 0.25) is 0 Å². The lowest BCUT2D eigenvalue weighted by Crippen LogP contribution is -2.33. The Balaban J connectivity index is 1.90. The number of urea groups is 1. The first-order chi connectivity index (χ1) is 11.6. The van der Waals surface area contributed by atoms with Gasteiger partial charge in [0.05, 0.1) is 6.61 Å². The lowest BCUT2D eigenvalue weighted by molar-refractivity contribution is 0.168. The highest BCUT2D eigenvalue weighted by Gasteiger charge is 2.13. The highest BCUT2D eigenvalue weighted by Crippen LogP contribution is 2.23. The summed E-state index contributed by atoms with van der Waals surface area (Å²) >= 11 is 0. The van der Waals surface area contributed by atoms with Crippen molar-refractivity contribution in [3.63, 3.8) is 0 Å². The third kappa shape index (κ3) is 5.30. The molecule has 2 rings (SSSR count). The van der Waals surface area contributed by atoms with Crippen LogP contribution in [0.5, 0.6) is 0 Å². The van der Waals surface area contributed by atoms with Crippen LogP contribution < -0.4 is 16.0 Å². The molecule has 1 aliphatic rings. The predicted molar refractivity (Wildman–Crippen MR) is 95.3 cm³/mol. The van der Waals surface area contributed by atoms with Gasteiger partial charge in [-0.15, -0.1) is 0 Å². The molecule has 130 valence electrons. The number of anilines is 2. The molecular weight excluding hydrogens is 306 g/mol. The summed E-state index contributed by atoms with van der Waals surface area (Å²) in [6, 6.07) is 5.11. The van der Waals surface area contributed by atoms with Gasteiger partial charge >= 0.3 is 12.1 Å². The van der Waals surface area contributed by atoms with Crippen molar-refractivity contribution in [2.45, 2.75) is 33.1 Å². The van der Waals surface area contributed by atoms with Crippen molar-refractivity contribution < 1.29 is 14.3 Å². The van der Waals surface area contributed by atoms with Gasteiger partial charge < -0.3 is 15.4 Å². The topological polar surface area (TPSA) is 79.5 Å². The molecule has 0 saturated carbocycles. The molecule has 0 aliphatic heterocycles. The number of hydrogen-bond donors (Lipinski definition) is 3. The minimum atomic E-state index is -0.507. The van der Waals surface area contributed by atoms with E-state index in [1.165, 1.54) is 0 Å². The Morgan fingerprint density at radius 3 is 2.62 bits per heavy atom. The molecule has 1 aromatic carbocycles. The van der Waals surface area contributed by atoms with E-state index in [1.807, 2.05) is 6.92 Å². The van der Waals surface area contributed by atoms with E-state index in [9.17, 15) is 9.59 Å². The van der Waals surface area contributed by atoms with Gasteiger partial charge in [-0.05, 0) is 56.7 Å². The molecule has 0 spiro atoms. The van der Waals surface area contributed by atoms with E-state index in [0.29, 0.717) is 30.4 Å². The van der Waals surface area contributed by atoms with E-state index in [0.717, 1.165) is 24.8 Å². The molecule has 0 aromatic heterocycles. The summed E-state index contributed by atoms with van der Waals surface area (Å²) in [5.41, 5.74) is 2.05. The molecule has 3 amide bonds. The fraction of sp³-hybridized carbons (Fsp3) is 0.444. The summed E-state index contributed by atoms with van der Waals surface area (Å²) in [5.74, 6) is 0.499. The fourth-order valence-electron chi connectivity index (χ4n) is 2.63. The number of allylic oxidation sites excluding steroid dienone is 2. The van der Waals surface area contributed by atoms with Crippen LogP contribution in [-0.2, 0) is 4.74 Å². The molecular formula is C18H25N3O3. The average Bonchev–Trinajstić information content (AvgIpc) is 2.58. The van der Waals surface area contributed by atoms with Gasteiger partial charge in [-0.3, -0.25) is 5.32 Å². The maximum absolute atomic E-state index is 12.1. The number of rotatable bonds is 5. The summed E-state index contributed by atoms with van der Waals surface area (Å²) < 4.78 is 4.87. The van der Waals surface area contributed by atoms with Crippen LogP contribution in [0.25, 0.3) is 0 Å². The van der Waals surface area contributed by atoms with E-state index < -0.39 is 6.09 Å². The summed E-state index contributed by atoms with van der Waals surface area (Å²) in [4.78, 5) is 23.6. The molecule has 0 unspecified atom stereocenters. The van der Waals surface area contributed by atoms with E-state index in [4.69, 9.17) is 4.74 Å². The normalized spacial score (nSPS) is 16.3. The lowest BCUT2D eigenvalue weighted by Gasteiger charge is -2.19. The molecule has 6 heteroatoms. The molecule has 0 radical (unpaired) electrons. The van der Waals surface area contributed by atoms with Crippen molar-refractivity contribution in [3.05, 3.63) is 35.9 Å². The summed E-state index contributed by atoms with van der Waals surface area (Å²) in [6.07, 6.45) is 7.04. The number of ether oxygens (including phenoxy) is 1. The van der Waals surface area contributed by atoms with Crippen LogP contribution >= 0.6 is 0 Å². The maximum Gasteiger partial charge on any atom is 0.411 e. The molecule has 0 fully saturated rings. The molecule has 1 aliphatic carbocycles. The van der Waals surface area contributed by atoms with Crippen molar-refractivity contribution in [1.82, 2.24) is 5.32 Å². The van der Waals surface area contributed by atoms with Gasteiger partial charge in [-0.2, -0.15) is 0 Å². The van der Waals surface area contributed by atoms with Crippen LogP contribution in [0.3, 0.4) is 0 Å². The standard InChI is InChI=1S/C18H25N3O3/c1-3-24-18(23)21-16-11-7-10-15(13(16)2)20-17(22)19-12-14-8-5-4-6-9-14/h4-5,7,10-11,14H,3,6,8-9,12H2,1-2H3,(H,21,23)(H2,19,20,22)/t14-/m1/s1. The molecule has 24 heavy (non-hydrogen) atoms. The van der Waals surface area contributed by atoms with Gasteiger partial charge in [0.15, 0.2) is 0 Å². The number of amides is 3. The summed E-state index contributed by atoms with van der Waals surface area (Å²) in [5, 5.41) is 8.42. The van der Waals surface area contributed by atoms with Crippen LogP contribution in [-0.4, -0.2) is 25.3 Å². The van der Waals surface area contributed by atoms with Gasteiger partial charge in [-0.1, -0.05) is 18.2 Å². The second-order valence-corrected chi connectivity index (χ2v) is 5.81. The van der Waals surface area contributed by atoms with Gasteiger partial charge in [0, 0.05) is 17.9 Å². The first kappa shape index (κ1) is 17.8. The van der Waals surface area contributed by atoms with Crippen molar-refractivity contribution in [2.75, 3.05) is 23.8 Å². The largest absolute Gasteiger partial charge is 0.450 e. The first-order valence-corrected chi connectivity index (χ1v) is 8.33. The zero-order valence-corrected chi connectivity index (χ0v) is 14.2. The van der Waals surface area contributed by atoms with E-state index in [-0.39, 0.29) is 6.03 Å². The molecule has 1 aromatic rings. The number of hydrogen-bond acceptors (Lipinski definition) is 3. The molecule has 3 N–H and O–H groups in total. The zero-order chi connectivity index (χ0) is 17.4. The van der Waals surface area contributed by atoms with Gasteiger partial charge in [0.25, 0.3) is 0 Å².